The smallest absolute Gasteiger partial charge is 0.204 e. The number of carbonyl (C=O) groups excluding carboxylic acids is 2. The Morgan fingerprint density at radius 3 is 1.78 bits per heavy atom. The summed E-state index contributed by atoms with van der Waals surface area (Å²) in [4.78, 5) is 20.2. The van der Waals surface area contributed by atoms with Crippen molar-refractivity contribution < 1.29 is 37.4 Å². The lowest BCUT2D eigenvalue weighted by atomic mass is 10.2. The minimum atomic E-state index is -2.15. The predicted octanol–water partition coefficient (Wildman–Crippen LogP) is 3.62. The van der Waals surface area contributed by atoms with E-state index < -0.39 is 34.6 Å². The first-order valence-corrected chi connectivity index (χ1v) is 6.06. The Labute approximate surface area is 131 Å². The molecule has 0 spiro atoms. The van der Waals surface area contributed by atoms with Crippen LogP contribution in [0.3, 0.4) is 0 Å². The maximum atomic E-state index is 12.5. The van der Waals surface area contributed by atoms with Gasteiger partial charge in [-0.05, 0) is 12.1 Å². The Kier molecular flexibility index (Phi) is 6.09. The highest BCUT2D eigenvalue weighted by Gasteiger charge is 2.24. The Bertz CT molecular complexity index is 716. The summed E-state index contributed by atoms with van der Waals surface area (Å²) >= 11 is 5.54. The van der Waals surface area contributed by atoms with Crippen molar-refractivity contribution in [3.63, 3.8) is 0 Å². The van der Waals surface area contributed by atoms with E-state index in [0.717, 1.165) is 0 Å². The fourth-order valence-electron chi connectivity index (χ4n) is 1.39. The van der Waals surface area contributed by atoms with Gasteiger partial charge in [-0.3, -0.25) is 9.59 Å². The molecular weight excluding hydrogens is 344 g/mol. The summed E-state index contributed by atoms with van der Waals surface area (Å²) in [5.41, 5.74) is -1.10. The summed E-state index contributed by atoms with van der Waals surface area (Å²) in [6, 6.07) is 4.53. The number of hydrogen-bond acceptors (Lipinski definition) is 4. The normalized spacial score (nSPS) is 9.78. The van der Waals surface area contributed by atoms with E-state index in [1.54, 1.807) is 12.1 Å². The van der Waals surface area contributed by atoms with Gasteiger partial charge < -0.3 is 10.2 Å². The highest BCUT2D eigenvalue weighted by atomic mass is 35.5. The van der Waals surface area contributed by atoms with E-state index in [9.17, 15) is 27.2 Å². The van der Waals surface area contributed by atoms with E-state index in [2.05, 4.69) is 0 Å². The molecule has 0 heterocycles. The van der Waals surface area contributed by atoms with E-state index in [-0.39, 0.29) is 22.6 Å². The van der Waals surface area contributed by atoms with Crippen LogP contribution in [0.2, 0.25) is 5.02 Å². The van der Waals surface area contributed by atoms with E-state index in [4.69, 9.17) is 21.8 Å². The Hall–Kier alpha value is -2.61. The highest BCUT2D eigenvalue weighted by Crippen LogP contribution is 2.27. The second kappa shape index (κ2) is 7.59. The molecule has 2 rings (SSSR count). The Morgan fingerprint density at radius 1 is 0.826 bits per heavy atom. The largest absolute Gasteiger partial charge is 0.507 e. The Balaban J connectivity index is 0.000000238. The highest BCUT2D eigenvalue weighted by molar-refractivity contribution is 6.33. The number of carbonyl (C=O) groups is 2. The molecule has 0 aromatic heterocycles. The molecule has 2 N–H and O–H groups in total. The van der Waals surface area contributed by atoms with Crippen LogP contribution in [0, 0.1) is 23.3 Å². The molecule has 0 amide bonds. The maximum Gasteiger partial charge on any atom is 0.204 e. The van der Waals surface area contributed by atoms with Gasteiger partial charge >= 0.3 is 0 Å². The second-order valence-corrected chi connectivity index (χ2v) is 4.33. The van der Waals surface area contributed by atoms with Gasteiger partial charge in [0.25, 0.3) is 0 Å². The molecule has 9 heteroatoms. The first-order valence-electron chi connectivity index (χ1n) is 5.68. The van der Waals surface area contributed by atoms with Gasteiger partial charge in [0.15, 0.2) is 30.0 Å². The van der Waals surface area contributed by atoms with Crippen molar-refractivity contribution in [1.82, 2.24) is 0 Å². The zero-order valence-corrected chi connectivity index (χ0v) is 11.7. The summed E-state index contributed by atoms with van der Waals surface area (Å²) in [6.45, 7) is 0. The molecule has 0 unspecified atom stereocenters. The molecule has 0 aliphatic carbocycles. The standard InChI is InChI=1S/C7H5ClO2.C7H2F4O2/c8-6-2-1-3-7(10)5(6)4-9;8-3-2(1-12)7(13)6(11)5(10)4(3)9/h1-4,10H;1,13H. The third-order valence-corrected chi connectivity index (χ3v) is 2.87. The summed E-state index contributed by atoms with van der Waals surface area (Å²) in [6.07, 6.45) is 0.216. The lowest BCUT2D eigenvalue weighted by molar-refractivity contribution is 0.110. The molecule has 122 valence electrons. The van der Waals surface area contributed by atoms with Crippen LogP contribution in [0.4, 0.5) is 17.6 Å². The second-order valence-electron chi connectivity index (χ2n) is 3.93. The van der Waals surface area contributed by atoms with Crippen molar-refractivity contribution in [1.29, 1.82) is 0 Å². The minimum Gasteiger partial charge on any atom is -0.507 e. The Morgan fingerprint density at radius 2 is 1.35 bits per heavy atom. The molecule has 2 aromatic rings. The summed E-state index contributed by atoms with van der Waals surface area (Å²) < 4.78 is 49.6. The van der Waals surface area contributed by atoms with Crippen LogP contribution in [0.25, 0.3) is 0 Å². The molecule has 4 nitrogen and oxygen atoms in total. The number of phenolic OH excluding ortho intramolecular Hbond substituents is 2. The SMILES string of the molecule is O=Cc1c(O)c(F)c(F)c(F)c1F.O=Cc1c(O)cccc1Cl. The molecule has 0 aliphatic heterocycles. The minimum absolute atomic E-state index is 0.0810. The fourth-order valence-corrected chi connectivity index (χ4v) is 1.60. The van der Waals surface area contributed by atoms with Gasteiger partial charge in [0.05, 0.1) is 16.1 Å². The first-order chi connectivity index (χ1) is 10.8. The van der Waals surface area contributed by atoms with Crippen LogP contribution >= 0.6 is 11.6 Å². The summed E-state index contributed by atoms with van der Waals surface area (Å²) in [7, 11) is 0. The number of halogens is 5. The number of phenols is 2. The average molecular weight is 351 g/mol. The molecule has 0 saturated carbocycles. The summed E-state index contributed by atoms with van der Waals surface area (Å²) in [5.74, 6) is -9.79. The number of rotatable bonds is 2. The average Bonchev–Trinajstić information content (AvgIpc) is 2.52. The van der Waals surface area contributed by atoms with Gasteiger partial charge in [0.2, 0.25) is 11.6 Å². The van der Waals surface area contributed by atoms with Gasteiger partial charge in [0, 0.05) is 0 Å². The third-order valence-electron chi connectivity index (χ3n) is 2.54. The van der Waals surface area contributed by atoms with Crippen molar-refractivity contribution in [2.75, 3.05) is 0 Å². The molecular formula is C14H7ClF4O4. The number of benzene rings is 2. The molecule has 0 atom stereocenters. The molecule has 0 aliphatic rings. The van der Waals surface area contributed by atoms with E-state index in [0.29, 0.717) is 6.29 Å². The van der Waals surface area contributed by atoms with Gasteiger partial charge in [-0.25, -0.2) is 13.2 Å². The third kappa shape index (κ3) is 3.78. The molecule has 0 radical (unpaired) electrons. The van der Waals surface area contributed by atoms with E-state index >= 15 is 0 Å². The maximum absolute atomic E-state index is 12.5. The quantitative estimate of drug-likeness (QED) is 0.375. The number of aromatic hydroxyl groups is 2. The van der Waals surface area contributed by atoms with Crippen LogP contribution in [0.1, 0.15) is 20.7 Å². The van der Waals surface area contributed by atoms with E-state index in [1.807, 2.05) is 0 Å². The monoisotopic (exact) mass is 350 g/mol. The van der Waals surface area contributed by atoms with Crippen molar-refractivity contribution in [3.8, 4) is 11.5 Å². The van der Waals surface area contributed by atoms with Gasteiger partial charge in [-0.2, -0.15) is 4.39 Å². The van der Waals surface area contributed by atoms with Gasteiger partial charge in [-0.1, -0.05) is 17.7 Å². The van der Waals surface area contributed by atoms with Crippen LogP contribution in [0.5, 0.6) is 11.5 Å². The summed E-state index contributed by atoms with van der Waals surface area (Å²) in [5, 5.41) is 17.9. The van der Waals surface area contributed by atoms with Crippen LogP contribution in [-0.2, 0) is 0 Å². The zero-order valence-electron chi connectivity index (χ0n) is 11.0. The van der Waals surface area contributed by atoms with Gasteiger partial charge in [-0.15, -0.1) is 0 Å². The van der Waals surface area contributed by atoms with Crippen molar-refractivity contribution >= 4 is 24.2 Å². The lowest BCUT2D eigenvalue weighted by Crippen LogP contribution is -2.01. The fraction of sp³-hybridized carbons (Fsp3) is 0. The first kappa shape index (κ1) is 18.4. The molecule has 2 aromatic carbocycles. The van der Waals surface area contributed by atoms with Crippen molar-refractivity contribution in [2.45, 2.75) is 0 Å². The molecule has 0 fully saturated rings. The molecule has 23 heavy (non-hydrogen) atoms. The van der Waals surface area contributed by atoms with Crippen LogP contribution < -0.4 is 0 Å². The topological polar surface area (TPSA) is 74.6 Å². The van der Waals surface area contributed by atoms with Crippen molar-refractivity contribution in [2.24, 2.45) is 0 Å². The van der Waals surface area contributed by atoms with Crippen molar-refractivity contribution in [3.05, 3.63) is 57.6 Å². The van der Waals surface area contributed by atoms with Crippen LogP contribution in [0.15, 0.2) is 18.2 Å². The zero-order chi connectivity index (χ0) is 17.7. The molecule has 0 bridgehead atoms. The van der Waals surface area contributed by atoms with E-state index in [1.165, 1.54) is 6.07 Å². The van der Waals surface area contributed by atoms with Gasteiger partial charge in [0.1, 0.15) is 5.75 Å². The number of hydrogen-bond donors (Lipinski definition) is 2. The molecule has 0 saturated heterocycles. The van der Waals surface area contributed by atoms with Crippen LogP contribution in [-0.4, -0.2) is 22.8 Å². The predicted molar refractivity (Wildman–Crippen MR) is 71.8 cm³/mol. The lowest BCUT2D eigenvalue weighted by Gasteiger charge is -2.02. The number of aldehydes is 2.